The predicted molar refractivity (Wildman–Crippen MR) is 122 cm³/mol. The van der Waals surface area contributed by atoms with E-state index >= 15 is 0 Å². The third-order valence-corrected chi connectivity index (χ3v) is 5.50. The van der Waals surface area contributed by atoms with Crippen LogP contribution in [0, 0.1) is 11.6 Å². The van der Waals surface area contributed by atoms with Gasteiger partial charge in [0.25, 0.3) is 5.91 Å². The Bertz CT molecular complexity index is 1660. The summed E-state index contributed by atoms with van der Waals surface area (Å²) in [5.74, 6) is -7.67. The molecule has 3 heterocycles. The SMILES string of the molecule is O=C(Nc1ncn(Cc2ccc(F)cc2)n1)c1cc2nc(-c3ccc(F)cc3)cc(C(F)(F)C(F)(F)F)n2n1. The van der Waals surface area contributed by atoms with Gasteiger partial charge in [0.1, 0.15) is 23.7 Å². The molecule has 0 fully saturated rings. The lowest BCUT2D eigenvalue weighted by Crippen LogP contribution is -2.36. The van der Waals surface area contributed by atoms with Crippen LogP contribution in [-0.2, 0) is 12.5 Å². The number of hydrogen-bond acceptors (Lipinski definition) is 5. The zero-order valence-corrected chi connectivity index (χ0v) is 19.3. The fourth-order valence-corrected chi connectivity index (χ4v) is 3.59. The van der Waals surface area contributed by atoms with Gasteiger partial charge < -0.3 is 0 Å². The van der Waals surface area contributed by atoms with E-state index in [2.05, 4.69) is 25.5 Å². The van der Waals surface area contributed by atoms with E-state index in [4.69, 9.17) is 0 Å². The first-order valence-electron chi connectivity index (χ1n) is 11.0. The van der Waals surface area contributed by atoms with Crippen molar-refractivity contribution in [1.29, 1.82) is 0 Å². The van der Waals surface area contributed by atoms with Crippen molar-refractivity contribution < 1.29 is 35.5 Å². The minimum atomic E-state index is -5.99. The van der Waals surface area contributed by atoms with Gasteiger partial charge in [-0.05, 0) is 48.0 Å². The van der Waals surface area contributed by atoms with Crippen molar-refractivity contribution in [2.24, 2.45) is 0 Å². The first-order chi connectivity index (χ1) is 18.4. The number of anilines is 1. The molecule has 0 unspecified atom stereocenters. The molecule has 0 aliphatic rings. The van der Waals surface area contributed by atoms with E-state index in [1.54, 1.807) is 0 Å². The zero-order valence-electron chi connectivity index (χ0n) is 19.3. The van der Waals surface area contributed by atoms with Gasteiger partial charge in [-0.15, -0.1) is 5.10 Å². The van der Waals surface area contributed by atoms with Crippen molar-refractivity contribution in [2.75, 3.05) is 5.32 Å². The van der Waals surface area contributed by atoms with Gasteiger partial charge in [-0.2, -0.15) is 27.1 Å². The molecule has 0 bridgehead atoms. The normalized spacial score (nSPS) is 12.2. The average molecular weight is 549 g/mol. The number of fused-ring (bicyclic) bond motifs is 1. The smallest absolute Gasteiger partial charge is 0.288 e. The van der Waals surface area contributed by atoms with Crippen LogP contribution >= 0.6 is 0 Å². The van der Waals surface area contributed by atoms with Gasteiger partial charge >= 0.3 is 12.1 Å². The molecule has 0 aliphatic carbocycles. The molecule has 1 N–H and O–H groups in total. The molecule has 5 aromatic rings. The lowest BCUT2D eigenvalue weighted by atomic mass is 10.1. The van der Waals surface area contributed by atoms with Crippen molar-refractivity contribution in [1.82, 2.24) is 29.4 Å². The van der Waals surface area contributed by atoms with Crippen LogP contribution in [0.3, 0.4) is 0 Å². The third-order valence-electron chi connectivity index (χ3n) is 5.50. The molecule has 3 aromatic heterocycles. The van der Waals surface area contributed by atoms with Crippen LogP contribution in [0.5, 0.6) is 0 Å². The molecule has 200 valence electrons. The van der Waals surface area contributed by atoms with Crippen molar-refractivity contribution in [3.05, 3.63) is 95.6 Å². The number of rotatable bonds is 6. The number of nitrogens with one attached hydrogen (secondary N) is 1. The lowest BCUT2D eigenvalue weighted by Gasteiger charge is -2.21. The predicted octanol–water partition coefficient (Wildman–Crippen LogP) is 5.22. The quantitative estimate of drug-likeness (QED) is 0.294. The van der Waals surface area contributed by atoms with E-state index < -0.39 is 46.7 Å². The summed E-state index contributed by atoms with van der Waals surface area (Å²) in [5, 5.41) is 9.93. The summed E-state index contributed by atoms with van der Waals surface area (Å²) in [6, 6.07) is 11.2. The van der Waals surface area contributed by atoms with E-state index in [-0.39, 0.29) is 28.3 Å². The number of nitrogens with zero attached hydrogens (tertiary/aromatic N) is 6. The highest BCUT2D eigenvalue weighted by atomic mass is 19.4. The summed E-state index contributed by atoms with van der Waals surface area (Å²) in [5.41, 5.74) is -2.22. The zero-order chi connectivity index (χ0) is 27.9. The Morgan fingerprint density at radius 2 is 1.51 bits per heavy atom. The first kappa shape index (κ1) is 25.8. The molecule has 39 heavy (non-hydrogen) atoms. The standard InChI is InChI=1S/C24H14F7N7O/c25-15-5-1-13(2-6-15)11-37-12-32-22(36-37)34-21(39)18-10-20-33-17(14-3-7-16(26)8-4-14)9-19(38(20)35-18)23(27,28)24(29,30)31/h1-10,12H,11H2,(H,34,36,39). The van der Waals surface area contributed by atoms with E-state index in [1.807, 2.05) is 0 Å². The van der Waals surface area contributed by atoms with Gasteiger partial charge in [-0.3, -0.25) is 10.1 Å². The first-order valence-corrected chi connectivity index (χ1v) is 11.0. The highest BCUT2D eigenvalue weighted by Gasteiger charge is 2.60. The number of carbonyl (C=O) groups excluding carboxylic acids is 1. The number of alkyl halides is 5. The van der Waals surface area contributed by atoms with E-state index in [1.165, 1.54) is 35.3 Å². The highest BCUT2D eigenvalue weighted by molar-refractivity contribution is 6.02. The number of benzene rings is 2. The monoisotopic (exact) mass is 549 g/mol. The number of halogens is 7. The minimum Gasteiger partial charge on any atom is -0.288 e. The number of carbonyl (C=O) groups is 1. The summed E-state index contributed by atoms with van der Waals surface area (Å²) < 4.78 is 96.8. The molecule has 0 radical (unpaired) electrons. The van der Waals surface area contributed by atoms with Crippen LogP contribution in [0.4, 0.5) is 36.7 Å². The summed E-state index contributed by atoms with van der Waals surface area (Å²) >= 11 is 0. The Balaban J connectivity index is 1.47. The lowest BCUT2D eigenvalue weighted by molar-refractivity contribution is -0.291. The number of aromatic nitrogens is 6. The molecular weight excluding hydrogens is 535 g/mol. The molecule has 0 saturated heterocycles. The topological polar surface area (TPSA) is 90.0 Å². The fourth-order valence-electron chi connectivity index (χ4n) is 3.59. The summed E-state index contributed by atoms with van der Waals surface area (Å²) in [4.78, 5) is 20.7. The maximum atomic E-state index is 14.5. The van der Waals surface area contributed by atoms with Crippen molar-refractivity contribution >= 4 is 17.5 Å². The van der Waals surface area contributed by atoms with Gasteiger partial charge in [0.05, 0.1) is 12.2 Å². The van der Waals surface area contributed by atoms with Crippen molar-refractivity contribution in [3.63, 3.8) is 0 Å². The number of amides is 1. The maximum Gasteiger partial charge on any atom is 0.459 e. The van der Waals surface area contributed by atoms with E-state index in [0.717, 1.165) is 30.3 Å². The Labute approximate surface area is 213 Å². The van der Waals surface area contributed by atoms with E-state index in [0.29, 0.717) is 11.6 Å². The van der Waals surface area contributed by atoms with Crippen LogP contribution < -0.4 is 5.32 Å². The number of hydrogen-bond donors (Lipinski definition) is 1. The second-order valence-electron chi connectivity index (χ2n) is 8.25. The van der Waals surface area contributed by atoms with Gasteiger partial charge in [-0.25, -0.2) is 27.9 Å². The highest BCUT2D eigenvalue weighted by Crippen LogP contribution is 2.44. The Hall–Kier alpha value is -4.82. The van der Waals surface area contributed by atoms with Crippen LogP contribution in [-0.4, -0.2) is 41.4 Å². The van der Waals surface area contributed by atoms with Crippen LogP contribution in [0.2, 0.25) is 0 Å². The molecule has 5 rings (SSSR count). The van der Waals surface area contributed by atoms with Gasteiger partial charge in [0.2, 0.25) is 5.95 Å². The summed E-state index contributed by atoms with van der Waals surface area (Å²) in [7, 11) is 0. The average Bonchev–Trinajstić information content (AvgIpc) is 3.51. The Morgan fingerprint density at radius 1 is 0.872 bits per heavy atom. The largest absolute Gasteiger partial charge is 0.459 e. The minimum absolute atomic E-state index is 0.0567. The van der Waals surface area contributed by atoms with Gasteiger partial charge in [0.15, 0.2) is 11.3 Å². The molecule has 0 spiro atoms. The maximum absolute atomic E-state index is 14.5. The van der Waals surface area contributed by atoms with Crippen LogP contribution in [0.15, 0.2) is 67.0 Å². The van der Waals surface area contributed by atoms with E-state index in [9.17, 15) is 35.5 Å². The van der Waals surface area contributed by atoms with Crippen LogP contribution in [0.1, 0.15) is 21.7 Å². The van der Waals surface area contributed by atoms with Crippen molar-refractivity contribution in [3.8, 4) is 11.3 Å². The molecule has 0 aliphatic heterocycles. The third kappa shape index (κ3) is 5.15. The molecule has 15 heteroatoms. The molecule has 8 nitrogen and oxygen atoms in total. The fraction of sp³-hybridized carbons (Fsp3) is 0.125. The summed E-state index contributed by atoms with van der Waals surface area (Å²) in [6.45, 7) is 0.184. The molecule has 2 aromatic carbocycles. The second-order valence-corrected chi connectivity index (χ2v) is 8.25. The Morgan fingerprint density at radius 3 is 2.15 bits per heavy atom. The second kappa shape index (κ2) is 9.49. The molecule has 0 saturated carbocycles. The van der Waals surface area contributed by atoms with Gasteiger partial charge in [-0.1, -0.05) is 12.1 Å². The van der Waals surface area contributed by atoms with Crippen LogP contribution in [0.25, 0.3) is 16.9 Å². The summed E-state index contributed by atoms with van der Waals surface area (Å²) in [6.07, 6.45) is -4.72. The Kier molecular flexibility index (Phi) is 6.28. The molecule has 1 amide bonds. The van der Waals surface area contributed by atoms with Gasteiger partial charge in [0, 0.05) is 11.6 Å². The molecular formula is C24H14F7N7O. The molecule has 0 atom stereocenters. The van der Waals surface area contributed by atoms with Crippen molar-refractivity contribution in [2.45, 2.75) is 18.6 Å².